The molecule has 2 saturated carbocycles. The maximum absolute atomic E-state index is 5.80. The summed E-state index contributed by atoms with van der Waals surface area (Å²) in [4.78, 5) is 2.58. The minimum Gasteiger partial charge on any atom is -0.399 e. The lowest BCUT2D eigenvalue weighted by atomic mass is 9.88. The van der Waals surface area contributed by atoms with Crippen LogP contribution in [0.5, 0.6) is 0 Å². The third-order valence-electron chi connectivity index (χ3n) is 5.24. The highest BCUT2D eigenvalue weighted by molar-refractivity contribution is 5.43. The quantitative estimate of drug-likeness (QED) is 0.826. The Labute approximate surface area is 123 Å². The lowest BCUT2D eigenvalue weighted by Crippen LogP contribution is -2.33. The first-order chi connectivity index (χ1) is 9.68. The van der Waals surface area contributed by atoms with Crippen molar-refractivity contribution in [3.8, 4) is 0 Å². The van der Waals surface area contributed by atoms with E-state index in [1.54, 1.807) is 0 Å². The van der Waals surface area contributed by atoms with Crippen molar-refractivity contribution >= 4 is 5.69 Å². The number of nitrogen functional groups attached to an aromatic ring is 1. The van der Waals surface area contributed by atoms with Gasteiger partial charge in [-0.25, -0.2) is 0 Å². The van der Waals surface area contributed by atoms with Crippen molar-refractivity contribution in [1.82, 2.24) is 4.90 Å². The fraction of sp³-hybridized carbons (Fsp3) is 0.667. The fourth-order valence-corrected chi connectivity index (χ4v) is 3.92. The average Bonchev–Trinajstić information content (AvgIpc) is 3.21. The second kappa shape index (κ2) is 5.77. The largest absolute Gasteiger partial charge is 0.399 e. The minimum absolute atomic E-state index is 0.428. The monoisotopic (exact) mass is 272 g/mol. The molecule has 2 fully saturated rings. The molecular formula is C18H28N2. The number of benzene rings is 1. The second-order valence-corrected chi connectivity index (χ2v) is 7.10. The van der Waals surface area contributed by atoms with Gasteiger partial charge in [0.2, 0.25) is 0 Å². The summed E-state index contributed by atoms with van der Waals surface area (Å²) in [6, 6.07) is 8.57. The van der Waals surface area contributed by atoms with Gasteiger partial charge >= 0.3 is 0 Å². The van der Waals surface area contributed by atoms with Crippen LogP contribution in [0.2, 0.25) is 0 Å². The Balaban J connectivity index is 1.57. The summed E-state index contributed by atoms with van der Waals surface area (Å²) in [5.74, 6) is 0.941. The summed E-state index contributed by atoms with van der Waals surface area (Å²) in [6.07, 6.45) is 9.91. The van der Waals surface area contributed by atoms with Crippen LogP contribution < -0.4 is 5.73 Å². The van der Waals surface area contributed by atoms with Crippen molar-refractivity contribution in [1.29, 1.82) is 0 Å². The summed E-state index contributed by atoms with van der Waals surface area (Å²) in [6.45, 7) is 2.50. The van der Waals surface area contributed by atoms with Gasteiger partial charge in [0.25, 0.3) is 0 Å². The predicted molar refractivity (Wildman–Crippen MR) is 85.8 cm³/mol. The van der Waals surface area contributed by atoms with E-state index in [2.05, 4.69) is 36.2 Å². The van der Waals surface area contributed by atoms with E-state index in [1.165, 1.54) is 63.6 Å². The Kier molecular flexibility index (Phi) is 4.02. The number of rotatable bonds is 5. The SMILES string of the molecule is CN(CC1CCCCC1)CC1(c2ccc(N)cc2)CC1. The Morgan fingerprint density at radius 1 is 1.10 bits per heavy atom. The molecule has 0 unspecified atom stereocenters. The molecule has 0 radical (unpaired) electrons. The Bertz CT molecular complexity index is 427. The predicted octanol–water partition coefficient (Wildman–Crippen LogP) is 3.81. The second-order valence-electron chi connectivity index (χ2n) is 7.10. The van der Waals surface area contributed by atoms with Gasteiger partial charge in [-0.15, -0.1) is 0 Å². The number of likely N-dealkylation sites (N-methyl/N-ethyl adjacent to an activating group) is 1. The van der Waals surface area contributed by atoms with Gasteiger partial charge in [0.05, 0.1) is 0 Å². The molecule has 2 N–H and O–H groups in total. The number of hydrogen-bond donors (Lipinski definition) is 1. The van der Waals surface area contributed by atoms with E-state index >= 15 is 0 Å². The minimum atomic E-state index is 0.428. The van der Waals surface area contributed by atoms with Crippen LogP contribution >= 0.6 is 0 Å². The molecule has 3 rings (SSSR count). The third-order valence-corrected chi connectivity index (χ3v) is 5.24. The van der Waals surface area contributed by atoms with Gasteiger partial charge in [-0.05, 0) is 56.3 Å². The first-order valence-corrected chi connectivity index (χ1v) is 8.23. The maximum atomic E-state index is 5.80. The molecule has 20 heavy (non-hydrogen) atoms. The Morgan fingerprint density at radius 3 is 2.35 bits per heavy atom. The van der Waals surface area contributed by atoms with Crippen molar-refractivity contribution in [2.75, 3.05) is 25.9 Å². The van der Waals surface area contributed by atoms with Gasteiger partial charge < -0.3 is 10.6 Å². The van der Waals surface area contributed by atoms with E-state index in [0.717, 1.165) is 11.6 Å². The normalized spacial score (nSPS) is 22.1. The molecule has 0 amide bonds. The van der Waals surface area contributed by atoms with Crippen molar-refractivity contribution in [3.63, 3.8) is 0 Å². The van der Waals surface area contributed by atoms with Crippen molar-refractivity contribution < 1.29 is 0 Å². The summed E-state index contributed by atoms with van der Waals surface area (Å²) < 4.78 is 0. The van der Waals surface area contributed by atoms with Crippen LogP contribution in [0.4, 0.5) is 5.69 Å². The highest BCUT2D eigenvalue weighted by Gasteiger charge is 2.44. The highest BCUT2D eigenvalue weighted by atomic mass is 15.1. The fourth-order valence-electron chi connectivity index (χ4n) is 3.92. The molecule has 110 valence electrons. The van der Waals surface area contributed by atoms with E-state index in [-0.39, 0.29) is 0 Å². The van der Waals surface area contributed by atoms with Crippen LogP contribution in [-0.4, -0.2) is 25.0 Å². The van der Waals surface area contributed by atoms with E-state index in [0.29, 0.717) is 5.41 Å². The standard InChI is InChI=1S/C18H28N2/c1-20(13-15-5-3-2-4-6-15)14-18(11-12-18)16-7-9-17(19)10-8-16/h7-10,15H,2-6,11-14,19H2,1H3. The molecule has 0 heterocycles. The summed E-state index contributed by atoms with van der Waals surface area (Å²) in [5.41, 5.74) is 8.60. The maximum Gasteiger partial charge on any atom is 0.0314 e. The molecule has 1 aromatic carbocycles. The van der Waals surface area contributed by atoms with Crippen LogP contribution in [0, 0.1) is 5.92 Å². The molecule has 2 heteroatoms. The van der Waals surface area contributed by atoms with E-state index in [1.807, 2.05) is 0 Å². The lowest BCUT2D eigenvalue weighted by molar-refractivity contribution is 0.219. The van der Waals surface area contributed by atoms with Crippen molar-refractivity contribution in [2.45, 2.75) is 50.4 Å². The molecule has 0 atom stereocenters. The number of hydrogen-bond acceptors (Lipinski definition) is 2. The van der Waals surface area contributed by atoms with E-state index < -0.39 is 0 Å². The van der Waals surface area contributed by atoms with Gasteiger partial charge in [-0.2, -0.15) is 0 Å². The Hall–Kier alpha value is -1.02. The molecule has 0 saturated heterocycles. The lowest BCUT2D eigenvalue weighted by Gasteiger charge is -2.30. The molecule has 0 bridgehead atoms. The molecule has 2 aliphatic carbocycles. The zero-order valence-electron chi connectivity index (χ0n) is 12.8. The van der Waals surface area contributed by atoms with Gasteiger partial charge in [0.15, 0.2) is 0 Å². The van der Waals surface area contributed by atoms with Gasteiger partial charge in [-0.3, -0.25) is 0 Å². The number of nitrogens with zero attached hydrogens (tertiary/aromatic N) is 1. The molecule has 0 spiro atoms. The van der Waals surface area contributed by atoms with Crippen LogP contribution in [-0.2, 0) is 5.41 Å². The van der Waals surface area contributed by atoms with Gasteiger partial charge in [-0.1, -0.05) is 31.4 Å². The van der Waals surface area contributed by atoms with E-state index in [4.69, 9.17) is 5.73 Å². The number of nitrogens with two attached hydrogens (primary N) is 1. The van der Waals surface area contributed by atoms with E-state index in [9.17, 15) is 0 Å². The summed E-state index contributed by atoms with van der Waals surface area (Å²) in [5, 5.41) is 0. The first-order valence-electron chi connectivity index (χ1n) is 8.23. The smallest absolute Gasteiger partial charge is 0.0314 e. The molecule has 0 aliphatic heterocycles. The Morgan fingerprint density at radius 2 is 1.75 bits per heavy atom. The topological polar surface area (TPSA) is 29.3 Å². The van der Waals surface area contributed by atoms with Crippen LogP contribution in [0.15, 0.2) is 24.3 Å². The van der Waals surface area contributed by atoms with Crippen molar-refractivity contribution in [2.24, 2.45) is 5.92 Å². The third kappa shape index (κ3) is 3.17. The molecular weight excluding hydrogens is 244 g/mol. The molecule has 2 aliphatic rings. The van der Waals surface area contributed by atoms with Gasteiger partial charge in [0.1, 0.15) is 0 Å². The summed E-state index contributed by atoms with van der Waals surface area (Å²) >= 11 is 0. The zero-order chi connectivity index (χ0) is 14.0. The zero-order valence-corrected chi connectivity index (χ0v) is 12.8. The van der Waals surface area contributed by atoms with Crippen molar-refractivity contribution in [3.05, 3.63) is 29.8 Å². The first kappa shape index (κ1) is 13.9. The van der Waals surface area contributed by atoms with Gasteiger partial charge in [0, 0.05) is 24.2 Å². The number of anilines is 1. The van der Waals surface area contributed by atoms with Crippen LogP contribution in [0.25, 0.3) is 0 Å². The summed E-state index contributed by atoms with van der Waals surface area (Å²) in [7, 11) is 2.31. The highest BCUT2D eigenvalue weighted by Crippen LogP contribution is 2.48. The van der Waals surface area contributed by atoms with Crippen LogP contribution in [0.3, 0.4) is 0 Å². The average molecular weight is 272 g/mol. The molecule has 1 aromatic rings. The van der Waals surface area contributed by atoms with Crippen LogP contribution in [0.1, 0.15) is 50.5 Å². The molecule has 0 aromatic heterocycles. The molecule has 2 nitrogen and oxygen atoms in total.